The first-order valence-corrected chi connectivity index (χ1v) is 5.40. The first-order valence-electron chi connectivity index (χ1n) is 5.40. The third-order valence-electron chi connectivity index (χ3n) is 2.35. The van der Waals surface area contributed by atoms with Crippen LogP contribution in [0.1, 0.15) is 32.3 Å². The molecule has 0 aliphatic rings. The van der Waals surface area contributed by atoms with Crippen molar-refractivity contribution in [1.29, 1.82) is 0 Å². The molecule has 0 aromatic heterocycles. The fourth-order valence-electron chi connectivity index (χ4n) is 1.64. The molecule has 1 unspecified atom stereocenters. The molecule has 0 heterocycles. The van der Waals surface area contributed by atoms with Gasteiger partial charge < -0.3 is 5.11 Å². The van der Waals surface area contributed by atoms with Gasteiger partial charge in [0.25, 0.3) is 0 Å². The molecule has 1 N–H and O–H groups in total. The molecule has 0 aliphatic heterocycles. The van der Waals surface area contributed by atoms with Crippen molar-refractivity contribution in [2.45, 2.75) is 39.2 Å². The van der Waals surface area contributed by atoms with Crippen molar-refractivity contribution in [1.82, 2.24) is 0 Å². The van der Waals surface area contributed by atoms with Crippen LogP contribution in [0.5, 0.6) is 0 Å². The van der Waals surface area contributed by atoms with Gasteiger partial charge in [-0.2, -0.15) is 0 Å². The highest BCUT2D eigenvalue weighted by Crippen LogP contribution is 2.11. The fraction of sp³-hybridized carbons (Fsp3) is 0.538. The van der Waals surface area contributed by atoms with Crippen molar-refractivity contribution < 1.29 is 5.11 Å². The number of rotatable bonds is 5. The van der Waals surface area contributed by atoms with Crippen molar-refractivity contribution in [2.75, 3.05) is 0 Å². The Hall–Kier alpha value is -0.820. The number of aliphatic hydroxyl groups is 1. The zero-order valence-electron chi connectivity index (χ0n) is 9.11. The summed E-state index contributed by atoms with van der Waals surface area (Å²) in [6.07, 6.45) is 2.62. The van der Waals surface area contributed by atoms with Gasteiger partial charge in [-0.25, -0.2) is 0 Å². The molecule has 1 atom stereocenters. The predicted octanol–water partition coefficient (Wildman–Crippen LogP) is 3.03. The van der Waals surface area contributed by atoms with E-state index in [4.69, 9.17) is 0 Å². The van der Waals surface area contributed by atoms with E-state index in [2.05, 4.69) is 26.0 Å². The van der Waals surface area contributed by atoms with Crippen molar-refractivity contribution in [2.24, 2.45) is 5.92 Å². The smallest absolute Gasteiger partial charge is 0.0545 e. The zero-order valence-corrected chi connectivity index (χ0v) is 9.11. The fourth-order valence-corrected chi connectivity index (χ4v) is 1.64. The van der Waals surface area contributed by atoms with Gasteiger partial charge in [-0.05, 0) is 30.7 Å². The minimum absolute atomic E-state index is 0.143. The minimum Gasteiger partial charge on any atom is -0.393 e. The molecule has 1 aromatic rings. The minimum atomic E-state index is -0.143. The Labute approximate surface area is 86.8 Å². The molecule has 0 saturated carbocycles. The molecule has 0 amide bonds. The van der Waals surface area contributed by atoms with Crippen LogP contribution in [0.15, 0.2) is 30.3 Å². The summed E-state index contributed by atoms with van der Waals surface area (Å²) in [4.78, 5) is 0. The van der Waals surface area contributed by atoms with Gasteiger partial charge in [0.2, 0.25) is 0 Å². The molecule has 78 valence electrons. The van der Waals surface area contributed by atoms with E-state index in [1.165, 1.54) is 5.56 Å². The van der Waals surface area contributed by atoms with Crippen molar-refractivity contribution >= 4 is 0 Å². The predicted molar refractivity (Wildman–Crippen MR) is 60.2 cm³/mol. The number of aryl methyl sites for hydroxylation is 1. The first kappa shape index (κ1) is 11.3. The molecular weight excluding hydrogens is 172 g/mol. The quantitative estimate of drug-likeness (QED) is 0.760. The molecule has 0 saturated heterocycles. The zero-order chi connectivity index (χ0) is 10.4. The molecular formula is C13H20O. The Morgan fingerprint density at radius 1 is 1.14 bits per heavy atom. The molecule has 0 bridgehead atoms. The SMILES string of the molecule is CC(C)CC(O)CCc1ccccc1. The summed E-state index contributed by atoms with van der Waals surface area (Å²) < 4.78 is 0. The molecule has 0 aliphatic carbocycles. The van der Waals surface area contributed by atoms with Crippen molar-refractivity contribution in [3.05, 3.63) is 35.9 Å². The van der Waals surface area contributed by atoms with Gasteiger partial charge in [-0.3, -0.25) is 0 Å². The van der Waals surface area contributed by atoms with Crippen LogP contribution in [-0.4, -0.2) is 11.2 Å². The topological polar surface area (TPSA) is 20.2 Å². The summed E-state index contributed by atoms with van der Waals surface area (Å²) in [5.74, 6) is 0.584. The maximum Gasteiger partial charge on any atom is 0.0545 e. The van der Waals surface area contributed by atoms with Crippen LogP contribution in [0.2, 0.25) is 0 Å². The van der Waals surface area contributed by atoms with Crippen LogP contribution >= 0.6 is 0 Å². The summed E-state index contributed by atoms with van der Waals surface area (Å²) in [7, 11) is 0. The summed E-state index contributed by atoms with van der Waals surface area (Å²) >= 11 is 0. The summed E-state index contributed by atoms with van der Waals surface area (Å²) in [5.41, 5.74) is 1.32. The summed E-state index contributed by atoms with van der Waals surface area (Å²) in [5, 5.41) is 9.68. The van der Waals surface area contributed by atoms with E-state index >= 15 is 0 Å². The Bertz CT molecular complexity index is 241. The highest BCUT2D eigenvalue weighted by molar-refractivity contribution is 5.14. The van der Waals surface area contributed by atoms with Gasteiger partial charge in [0.15, 0.2) is 0 Å². The largest absolute Gasteiger partial charge is 0.393 e. The summed E-state index contributed by atoms with van der Waals surface area (Å²) in [6, 6.07) is 10.3. The van der Waals surface area contributed by atoms with Crippen LogP contribution in [0.4, 0.5) is 0 Å². The number of hydrogen-bond donors (Lipinski definition) is 1. The van der Waals surface area contributed by atoms with Gasteiger partial charge in [0, 0.05) is 0 Å². The van der Waals surface area contributed by atoms with Gasteiger partial charge in [0.1, 0.15) is 0 Å². The highest BCUT2D eigenvalue weighted by Gasteiger charge is 2.06. The van der Waals surface area contributed by atoms with E-state index in [-0.39, 0.29) is 6.10 Å². The number of benzene rings is 1. The Morgan fingerprint density at radius 3 is 2.36 bits per heavy atom. The molecule has 1 nitrogen and oxygen atoms in total. The lowest BCUT2D eigenvalue weighted by molar-refractivity contribution is 0.140. The second-order valence-electron chi connectivity index (χ2n) is 4.31. The van der Waals surface area contributed by atoms with Gasteiger partial charge >= 0.3 is 0 Å². The highest BCUT2D eigenvalue weighted by atomic mass is 16.3. The van der Waals surface area contributed by atoms with Crippen LogP contribution < -0.4 is 0 Å². The molecule has 1 heteroatoms. The van der Waals surface area contributed by atoms with Gasteiger partial charge in [0.05, 0.1) is 6.10 Å². The number of hydrogen-bond acceptors (Lipinski definition) is 1. The van der Waals surface area contributed by atoms with Crippen LogP contribution in [0, 0.1) is 5.92 Å². The van der Waals surface area contributed by atoms with Crippen molar-refractivity contribution in [3.63, 3.8) is 0 Å². The maximum absolute atomic E-state index is 9.68. The van der Waals surface area contributed by atoms with Crippen LogP contribution in [0.3, 0.4) is 0 Å². The van der Waals surface area contributed by atoms with E-state index in [0.717, 1.165) is 19.3 Å². The van der Waals surface area contributed by atoms with E-state index in [9.17, 15) is 5.11 Å². The third-order valence-corrected chi connectivity index (χ3v) is 2.35. The lowest BCUT2D eigenvalue weighted by Crippen LogP contribution is -2.11. The lowest BCUT2D eigenvalue weighted by atomic mass is 10.00. The van der Waals surface area contributed by atoms with E-state index in [1.807, 2.05) is 18.2 Å². The second-order valence-corrected chi connectivity index (χ2v) is 4.31. The van der Waals surface area contributed by atoms with E-state index in [1.54, 1.807) is 0 Å². The average molecular weight is 192 g/mol. The Balaban J connectivity index is 2.27. The number of aliphatic hydroxyl groups excluding tert-OH is 1. The van der Waals surface area contributed by atoms with Crippen LogP contribution in [0.25, 0.3) is 0 Å². The molecule has 0 fully saturated rings. The molecule has 14 heavy (non-hydrogen) atoms. The van der Waals surface area contributed by atoms with E-state index in [0.29, 0.717) is 5.92 Å². The third kappa shape index (κ3) is 4.43. The van der Waals surface area contributed by atoms with Crippen LogP contribution in [-0.2, 0) is 6.42 Å². The maximum atomic E-state index is 9.68. The normalized spacial score (nSPS) is 13.1. The van der Waals surface area contributed by atoms with Gasteiger partial charge in [-0.1, -0.05) is 44.2 Å². The van der Waals surface area contributed by atoms with Crippen molar-refractivity contribution in [3.8, 4) is 0 Å². The molecule has 1 rings (SSSR count). The second kappa shape index (κ2) is 5.82. The Kier molecular flexibility index (Phi) is 4.68. The monoisotopic (exact) mass is 192 g/mol. The van der Waals surface area contributed by atoms with Gasteiger partial charge in [-0.15, -0.1) is 0 Å². The Morgan fingerprint density at radius 2 is 1.79 bits per heavy atom. The lowest BCUT2D eigenvalue weighted by Gasteiger charge is -2.12. The average Bonchev–Trinajstić information content (AvgIpc) is 2.15. The summed E-state index contributed by atoms with van der Waals surface area (Å²) in [6.45, 7) is 4.29. The van der Waals surface area contributed by atoms with E-state index < -0.39 is 0 Å². The molecule has 0 radical (unpaired) electrons. The molecule has 0 spiro atoms. The first-order chi connectivity index (χ1) is 6.68. The standard InChI is InChI=1S/C13H20O/c1-11(2)10-13(14)9-8-12-6-4-3-5-7-12/h3-7,11,13-14H,8-10H2,1-2H3. The molecule has 1 aromatic carbocycles.